The van der Waals surface area contributed by atoms with Crippen LogP contribution in [0.25, 0.3) is 0 Å². The molecule has 4 heteroatoms. The molecule has 1 aromatic carbocycles. The van der Waals surface area contributed by atoms with E-state index in [1.54, 1.807) is 4.90 Å². The number of aryl methyl sites for hydroxylation is 1. The van der Waals surface area contributed by atoms with E-state index in [1.165, 1.54) is 0 Å². The van der Waals surface area contributed by atoms with Gasteiger partial charge in [0.2, 0.25) is 5.91 Å². The lowest BCUT2D eigenvalue weighted by molar-refractivity contribution is -0.143. The van der Waals surface area contributed by atoms with Crippen LogP contribution in [0, 0.1) is 24.7 Å². The first-order valence-corrected chi connectivity index (χ1v) is 8.40. The number of carboxylic acids is 1. The lowest BCUT2D eigenvalue weighted by Crippen LogP contribution is -2.43. The van der Waals surface area contributed by atoms with Gasteiger partial charge in [-0.1, -0.05) is 24.3 Å². The predicted molar refractivity (Wildman–Crippen MR) is 88.1 cm³/mol. The van der Waals surface area contributed by atoms with Crippen LogP contribution in [0.4, 0.5) is 0 Å². The van der Waals surface area contributed by atoms with Gasteiger partial charge in [0.15, 0.2) is 0 Å². The number of hydrogen-bond acceptors (Lipinski definition) is 2. The topological polar surface area (TPSA) is 57.6 Å². The molecule has 3 rings (SSSR count). The van der Waals surface area contributed by atoms with Gasteiger partial charge in [-0.3, -0.25) is 9.59 Å². The van der Waals surface area contributed by atoms with Gasteiger partial charge in [-0.15, -0.1) is 0 Å². The van der Waals surface area contributed by atoms with Gasteiger partial charge in [0, 0.05) is 13.1 Å². The van der Waals surface area contributed by atoms with E-state index in [0.29, 0.717) is 19.0 Å². The second-order valence-corrected chi connectivity index (χ2v) is 7.60. The van der Waals surface area contributed by atoms with Crippen molar-refractivity contribution in [3.8, 4) is 0 Å². The van der Waals surface area contributed by atoms with Crippen molar-refractivity contribution in [3.63, 3.8) is 0 Å². The van der Waals surface area contributed by atoms with Crippen molar-refractivity contribution in [2.24, 2.45) is 17.8 Å². The van der Waals surface area contributed by atoms with Crippen molar-refractivity contribution in [2.45, 2.75) is 39.0 Å². The molecule has 1 amide bonds. The molecule has 0 unspecified atom stereocenters. The van der Waals surface area contributed by atoms with E-state index in [2.05, 4.69) is 0 Å². The van der Waals surface area contributed by atoms with E-state index < -0.39 is 17.3 Å². The van der Waals surface area contributed by atoms with Gasteiger partial charge in [0.1, 0.15) is 0 Å². The Bertz CT molecular complexity index is 633. The van der Waals surface area contributed by atoms with Crippen LogP contribution >= 0.6 is 0 Å². The molecule has 1 aromatic rings. The van der Waals surface area contributed by atoms with Crippen LogP contribution in [-0.4, -0.2) is 35.0 Å². The van der Waals surface area contributed by atoms with E-state index in [9.17, 15) is 14.7 Å². The molecule has 1 aliphatic carbocycles. The van der Waals surface area contributed by atoms with Gasteiger partial charge in [0.05, 0.1) is 11.3 Å². The van der Waals surface area contributed by atoms with Crippen molar-refractivity contribution < 1.29 is 14.7 Å². The van der Waals surface area contributed by atoms with E-state index in [-0.39, 0.29) is 11.8 Å². The van der Waals surface area contributed by atoms with Crippen LogP contribution in [0.1, 0.15) is 37.8 Å². The first kappa shape index (κ1) is 16.0. The monoisotopic (exact) mass is 315 g/mol. The second-order valence-electron chi connectivity index (χ2n) is 7.60. The third kappa shape index (κ3) is 2.87. The molecule has 4 nitrogen and oxygen atoms in total. The maximum absolute atomic E-state index is 13.1. The average molecular weight is 315 g/mol. The van der Waals surface area contributed by atoms with Gasteiger partial charge in [-0.05, 0) is 56.6 Å². The van der Waals surface area contributed by atoms with Gasteiger partial charge >= 0.3 is 5.97 Å². The molecule has 1 aliphatic heterocycles. The molecular weight excluding hydrogens is 290 g/mol. The molecule has 1 saturated heterocycles. The van der Waals surface area contributed by atoms with E-state index in [1.807, 2.05) is 45.0 Å². The van der Waals surface area contributed by atoms with Crippen molar-refractivity contribution in [1.82, 2.24) is 4.90 Å². The molecule has 2 fully saturated rings. The Labute approximate surface area is 137 Å². The zero-order chi connectivity index (χ0) is 16.8. The number of benzene rings is 1. The number of rotatable bonds is 4. The molecular formula is C19H25NO3. The van der Waals surface area contributed by atoms with Crippen molar-refractivity contribution >= 4 is 11.9 Å². The molecule has 124 valence electrons. The molecule has 0 bridgehead atoms. The zero-order valence-electron chi connectivity index (χ0n) is 14.1. The Hall–Kier alpha value is -1.84. The van der Waals surface area contributed by atoms with E-state index in [4.69, 9.17) is 0 Å². The summed E-state index contributed by atoms with van der Waals surface area (Å²) in [6, 6.07) is 7.94. The summed E-state index contributed by atoms with van der Waals surface area (Å²) in [5, 5.41) is 9.49. The van der Waals surface area contributed by atoms with E-state index >= 15 is 0 Å². The third-order valence-corrected chi connectivity index (χ3v) is 5.55. The minimum absolute atomic E-state index is 0.0428. The Morgan fingerprint density at radius 3 is 2.39 bits per heavy atom. The summed E-state index contributed by atoms with van der Waals surface area (Å²) >= 11 is 0. The molecule has 2 atom stereocenters. The number of hydrogen-bond donors (Lipinski definition) is 1. The van der Waals surface area contributed by atoms with Gasteiger partial charge in [-0.2, -0.15) is 0 Å². The van der Waals surface area contributed by atoms with Crippen LogP contribution in [0.15, 0.2) is 24.3 Å². The SMILES string of the molecule is Cc1ccccc1C(C)(C)C(=O)N1C[C@H](C(=O)O)[C@@H](C2CC2)C1. The number of carboxylic acid groups (broad SMARTS) is 1. The molecule has 2 aliphatic rings. The maximum atomic E-state index is 13.1. The number of carbonyl (C=O) groups excluding carboxylic acids is 1. The number of likely N-dealkylation sites (tertiary alicyclic amines) is 1. The quantitative estimate of drug-likeness (QED) is 0.929. The van der Waals surface area contributed by atoms with Crippen LogP contribution in [0.3, 0.4) is 0 Å². The molecule has 0 radical (unpaired) electrons. The first-order valence-electron chi connectivity index (χ1n) is 8.40. The highest BCUT2D eigenvalue weighted by Gasteiger charge is 2.49. The van der Waals surface area contributed by atoms with Crippen LogP contribution < -0.4 is 0 Å². The Kier molecular flexibility index (Phi) is 3.95. The highest BCUT2D eigenvalue weighted by atomic mass is 16.4. The standard InChI is InChI=1S/C19H25NO3/c1-12-6-4-5-7-16(12)19(2,3)18(23)20-10-14(13-8-9-13)15(11-20)17(21)22/h4-7,13-15H,8-11H2,1-3H3,(H,21,22)/t14-,15+/m1/s1. The van der Waals surface area contributed by atoms with Gasteiger partial charge in [-0.25, -0.2) is 0 Å². The Morgan fingerprint density at radius 1 is 1.17 bits per heavy atom. The van der Waals surface area contributed by atoms with Crippen LogP contribution in [-0.2, 0) is 15.0 Å². The zero-order valence-corrected chi connectivity index (χ0v) is 14.1. The summed E-state index contributed by atoms with van der Waals surface area (Å²) in [5.41, 5.74) is 1.48. The van der Waals surface area contributed by atoms with E-state index in [0.717, 1.165) is 24.0 Å². The maximum Gasteiger partial charge on any atom is 0.308 e. The van der Waals surface area contributed by atoms with Crippen molar-refractivity contribution in [1.29, 1.82) is 0 Å². The fraction of sp³-hybridized carbons (Fsp3) is 0.579. The molecule has 23 heavy (non-hydrogen) atoms. The summed E-state index contributed by atoms with van der Waals surface area (Å²) in [6.45, 7) is 6.84. The summed E-state index contributed by atoms with van der Waals surface area (Å²) in [6.07, 6.45) is 2.22. The molecule has 1 heterocycles. The highest BCUT2D eigenvalue weighted by molar-refractivity contribution is 5.88. The van der Waals surface area contributed by atoms with Crippen LogP contribution in [0.2, 0.25) is 0 Å². The van der Waals surface area contributed by atoms with Gasteiger partial charge in [0.25, 0.3) is 0 Å². The van der Waals surface area contributed by atoms with Crippen LogP contribution in [0.5, 0.6) is 0 Å². The minimum atomic E-state index is -0.758. The normalized spacial score (nSPS) is 24.7. The average Bonchev–Trinajstić information content (AvgIpc) is 3.25. The fourth-order valence-corrected chi connectivity index (χ4v) is 4.04. The summed E-state index contributed by atoms with van der Waals surface area (Å²) in [5.74, 6) is -0.495. The summed E-state index contributed by atoms with van der Waals surface area (Å²) < 4.78 is 0. The smallest absolute Gasteiger partial charge is 0.308 e. The minimum Gasteiger partial charge on any atom is -0.481 e. The summed E-state index contributed by atoms with van der Waals surface area (Å²) in [7, 11) is 0. The highest BCUT2D eigenvalue weighted by Crippen LogP contribution is 2.45. The number of amides is 1. The Morgan fingerprint density at radius 2 is 1.83 bits per heavy atom. The molecule has 0 aromatic heterocycles. The first-order chi connectivity index (χ1) is 10.8. The number of nitrogens with zero attached hydrogens (tertiary/aromatic N) is 1. The fourth-order valence-electron chi connectivity index (χ4n) is 4.04. The summed E-state index contributed by atoms with van der Waals surface area (Å²) in [4.78, 5) is 26.4. The third-order valence-electron chi connectivity index (χ3n) is 5.55. The molecule has 1 N–H and O–H groups in total. The molecule has 0 spiro atoms. The van der Waals surface area contributed by atoms with Gasteiger partial charge < -0.3 is 10.0 Å². The molecule has 1 saturated carbocycles. The number of aliphatic carboxylic acids is 1. The largest absolute Gasteiger partial charge is 0.481 e. The Balaban J connectivity index is 1.82. The number of carbonyl (C=O) groups is 2. The van der Waals surface area contributed by atoms with Crippen molar-refractivity contribution in [3.05, 3.63) is 35.4 Å². The van der Waals surface area contributed by atoms with Crippen molar-refractivity contribution in [2.75, 3.05) is 13.1 Å². The lowest BCUT2D eigenvalue weighted by atomic mass is 9.81. The second kappa shape index (κ2) is 5.66. The predicted octanol–water partition coefficient (Wildman–Crippen LogP) is 2.84. The lowest BCUT2D eigenvalue weighted by Gasteiger charge is -2.31.